The highest BCUT2D eigenvalue weighted by Gasteiger charge is 2.09. The predicted octanol–water partition coefficient (Wildman–Crippen LogP) is 2.61. The third kappa shape index (κ3) is 2.40. The van der Waals surface area contributed by atoms with Crippen molar-refractivity contribution in [2.45, 2.75) is 19.9 Å². The Kier molecular flexibility index (Phi) is 2.87. The normalized spacial score (nSPS) is 12.5. The van der Waals surface area contributed by atoms with Crippen LogP contribution in [0.25, 0.3) is 5.65 Å². The molecule has 1 unspecified atom stereocenters. The summed E-state index contributed by atoms with van der Waals surface area (Å²) in [5.74, 6) is 0.634. The van der Waals surface area contributed by atoms with Crippen LogP contribution < -0.4 is 5.32 Å². The molecule has 0 amide bonds. The SMILES string of the molecule is Cc1ccn2nc(NC(C)c3ccncc3)nc2c1. The highest BCUT2D eigenvalue weighted by molar-refractivity contribution is 5.45. The summed E-state index contributed by atoms with van der Waals surface area (Å²) in [5, 5.41) is 7.69. The summed E-state index contributed by atoms with van der Waals surface area (Å²) in [4.78, 5) is 8.48. The van der Waals surface area contributed by atoms with Crippen molar-refractivity contribution in [3.63, 3.8) is 0 Å². The van der Waals surface area contributed by atoms with E-state index in [9.17, 15) is 0 Å². The average Bonchev–Trinajstić information content (AvgIpc) is 2.81. The molecule has 0 saturated heterocycles. The molecule has 0 bridgehead atoms. The van der Waals surface area contributed by atoms with Crippen molar-refractivity contribution in [2.75, 3.05) is 5.32 Å². The quantitative estimate of drug-likeness (QED) is 0.779. The van der Waals surface area contributed by atoms with Crippen molar-refractivity contribution < 1.29 is 0 Å². The van der Waals surface area contributed by atoms with Crippen molar-refractivity contribution in [1.82, 2.24) is 19.6 Å². The molecular formula is C14H15N5. The fourth-order valence-electron chi connectivity index (χ4n) is 1.97. The van der Waals surface area contributed by atoms with Crippen LogP contribution in [0.2, 0.25) is 0 Å². The second kappa shape index (κ2) is 4.68. The molecule has 0 radical (unpaired) electrons. The second-order valence-electron chi connectivity index (χ2n) is 4.59. The van der Waals surface area contributed by atoms with E-state index < -0.39 is 0 Å². The Morgan fingerprint density at radius 2 is 2.00 bits per heavy atom. The number of anilines is 1. The smallest absolute Gasteiger partial charge is 0.243 e. The zero-order chi connectivity index (χ0) is 13.2. The lowest BCUT2D eigenvalue weighted by Gasteiger charge is -2.11. The number of rotatable bonds is 3. The van der Waals surface area contributed by atoms with Crippen LogP contribution in [-0.2, 0) is 0 Å². The zero-order valence-corrected chi connectivity index (χ0v) is 10.9. The van der Waals surface area contributed by atoms with E-state index in [4.69, 9.17) is 0 Å². The van der Waals surface area contributed by atoms with Crippen molar-refractivity contribution in [2.24, 2.45) is 0 Å². The molecule has 19 heavy (non-hydrogen) atoms. The van der Waals surface area contributed by atoms with Gasteiger partial charge in [0.25, 0.3) is 0 Å². The summed E-state index contributed by atoms with van der Waals surface area (Å²) in [7, 11) is 0. The molecule has 5 heteroatoms. The van der Waals surface area contributed by atoms with Gasteiger partial charge >= 0.3 is 0 Å². The molecular weight excluding hydrogens is 238 g/mol. The van der Waals surface area contributed by atoms with Gasteiger partial charge < -0.3 is 5.32 Å². The van der Waals surface area contributed by atoms with Crippen LogP contribution in [0.5, 0.6) is 0 Å². The second-order valence-corrected chi connectivity index (χ2v) is 4.59. The zero-order valence-electron chi connectivity index (χ0n) is 10.9. The lowest BCUT2D eigenvalue weighted by molar-refractivity contribution is 0.850. The van der Waals surface area contributed by atoms with Crippen molar-refractivity contribution in [3.05, 3.63) is 54.0 Å². The molecule has 1 N–H and O–H groups in total. The molecule has 5 nitrogen and oxygen atoms in total. The topological polar surface area (TPSA) is 55.1 Å². The highest BCUT2D eigenvalue weighted by Crippen LogP contribution is 2.16. The summed E-state index contributed by atoms with van der Waals surface area (Å²) in [5.41, 5.74) is 3.18. The highest BCUT2D eigenvalue weighted by atomic mass is 15.3. The Morgan fingerprint density at radius 1 is 1.21 bits per heavy atom. The van der Waals surface area contributed by atoms with Crippen molar-refractivity contribution >= 4 is 11.6 Å². The minimum Gasteiger partial charge on any atom is -0.346 e. The molecule has 0 aliphatic carbocycles. The number of hydrogen-bond donors (Lipinski definition) is 1. The first-order valence-electron chi connectivity index (χ1n) is 6.22. The van der Waals surface area contributed by atoms with Crippen LogP contribution >= 0.6 is 0 Å². The molecule has 0 fully saturated rings. The molecule has 96 valence electrons. The molecule has 0 spiro atoms. The van der Waals surface area contributed by atoms with Crippen LogP contribution in [0.15, 0.2) is 42.9 Å². The van der Waals surface area contributed by atoms with Gasteiger partial charge in [-0.15, -0.1) is 5.10 Å². The van der Waals surface area contributed by atoms with Gasteiger partial charge in [0.15, 0.2) is 5.65 Å². The number of aryl methyl sites for hydroxylation is 1. The van der Waals surface area contributed by atoms with Gasteiger partial charge in [-0.05, 0) is 49.2 Å². The number of nitrogens with one attached hydrogen (secondary N) is 1. The molecule has 3 aromatic rings. The molecule has 0 aliphatic rings. The van der Waals surface area contributed by atoms with E-state index in [1.165, 1.54) is 5.56 Å². The van der Waals surface area contributed by atoms with Gasteiger partial charge in [0, 0.05) is 18.6 Å². The first-order chi connectivity index (χ1) is 9.22. The van der Waals surface area contributed by atoms with Crippen LogP contribution in [0.3, 0.4) is 0 Å². The van der Waals surface area contributed by atoms with Crippen LogP contribution in [0.4, 0.5) is 5.95 Å². The first kappa shape index (κ1) is 11.6. The molecule has 0 saturated carbocycles. The summed E-state index contributed by atoms with van der Waals surface area (Å²) in [6.07, 6.45) is 5.49. The van der Waals surface area contributed by atoms with Gasteiger partial charge in [0.2, 0.25) is 5.95 Å². The maximum atomic E-state index is 4.46. The molecule has 1 atom stereocenters. The molecule has 0 aromatic carbocycles. The van der Waals surface area contributed by atoms with Gasteiger partial charge in [-0.25, -0.2) is 4.52 Å². The lowest BCUT2D eigenvalue weighted by Crippen LogP contribution is -2.07. The molecule has 3 rings (SSSR count). The standard InChI is InChI=1S/C14H15N5/c1-10-5-8-19-13(9-10)17-14(18-19)16-11(2)12-3-6-15-7-4-12/h3-9,11H,1-2H3,(H,16,18). The fraction of sp³-hybridized carbons (Fsp3) is 0.214. The van der Waals surface area contributed by atoms with E-state index >= 15 is 0 Å². The van der Waals surface area contributed by atoms with E-state index in [2.05, 4.69) is 27.3 Å². The van der Waals surface area contributed by atoms with Gasteiger partial charge in [-0.3, -0.25) is 4.98 Å². The van der Waals surface area contributed by atoms with E-state index in [1.54, 1.807) is 16.9 Å². The number of fused-ring (bicyclic) bond motifs is 1. The largest absolute Gasteiger partial charge is 0.346 e. The Bertz CT molecular complexity index is 689. The van der Waals surface area contributed by atoms with E-state index in [0.29, 0.717) is 5.95 Å². The van der Waals surface area contributed by atoms with Gasteiger partial charge in [-0.1, -0.05) is 0 Å². The first-order valence-corrected chi connectivity index (χ1v) is 6.22. The van der Waals surface area contributed by atoms with Gasteiger partial charge in [0.1, 0.15) is 0 Å². The lowest BCUT2D eigenvalue weighted by atomic mass is 10.1. The Hall–Kier alpha value is -2.43. The third-order valence-electron chi connectivity index (χ3n) is 3.04. The average molecular weight is 253 g/mol. The monoisotopic (exact) mass is 253 g/mol. The van der Waals surface area contributed by atoms with E-state index in [0.717, 1.165) is 11.2 Å². The maximum absolute atomic E-state index is 4.46. The maximum Gasteiger partial charge on any atom is 0.243 e. The fourth-order valence-corrected chi connectivity index (χ4v) is 1.97. The third-order valence-corrected chi connectivity index (χ3v) is 3.04. The number of hydrogen-bond acceptors (Lipinski definition) is 4. The van der Waals surface area contributed by atoms with E-state index in [-0.39, 0.29) is 6.04 Å². The van der Waals surface area contributed by atoms with Gasteiger partial charge in [-0.2, -0.15) is 4.98 Å². The van der Waals surface area contributed by atoms with Gasteiger partial charge in [0.05, 0.1) is 6.04 Å². The summed E-state index contributed by atoms with van der Waals surface area (Å²) >= 11 is 0. The van der Waals surface area contributed by atoms with Crippen LogP contribution in [0.1, 0.15) is 24.1 Å². The Morgan fingerprint density at radius 3 is 2.79 bits per heavy atom. The number of nitrogens with zero attached hydrogens (tertiary/aromatic N) is 4. The van der Waals surface area contributed by atoms with Crippen molar-refractivity contribution in [3.8, 4) is 0 Å². The number of aromatic nitrogens is 4. The number of pyridine rings is 2. The summed E-state index contributed by atoms with van der Waals surface area (Å²) < 4.78 is 1.77. The molecule has 3 heterocycles. The van der Waals surface area contributed by atoms with Crippen LogP contribution in [-0.4, -0.2) is 19.6 Å². The summed E-state index contributed by atoms with van der Waals surface area (Å²) in [6, 6.07) is 8.13. The van der Waals surface area contributed by atoms with Crippen molar-refractivity contribution in [1.29, 1.82) is 0 Å². The predicted molar refractivity (Wildman–Crippen MR) is 74.0 cm³/mol. The minimum absolute atomic E-state index is 0.140. The molecule has 3 aromatic heterocycles. The summed E-state index contributed by atoms with van der Waals surface area (Å²) in [6.45, 7) is 4.12. The van der Waals surface area contributed by atoms with Crippen LogP contribution in [0, 0.1) is 6.92 Å². The Labute approximate surface area is 111 Å². The Balaban J connectivity index is 1.85. The van der Waals surface area contributed by atoms with E-state index in [1.807, 2.05) is 37.4 Å². The molecule has 0 aliphatic heterocycles. The minimum atomic E-state index is 0.140.